The maximum absolute atomic E-state index is 12.0. The smallest absolute Gasteiger partial charge is 0.304 e. The van der Waals surface area contributed by atoms with Gasteiger partial charge in [-0.3, -0.25) is 14.4 Å². The Morgan fingerprint density at radius 3 is 2.29 bits per heavy atom. The molecule has 0 spiro atoms. The second kappa shape index (κ2) is 8.19. The first-order valence-electron chi connectivity index (χ1n) is 6.98. The van der Waals surface area contributed by atoms with Gasteiger partial charge in [0.1, 0.15) is 0 Å². The molecule has 1 atom stereocenters. The van der Waals surface area contributed by atoms with E-state index in [0.717, 1.165) is 0 Å². The number of carbonyl (C=O) groups excluding carboxylic acids is 2. The number of hydrogen-bond acceptors (Lipinski definition) is 3. The fourth-order valence-electron chi connectivity index (χ4n) is 2.10. The standard InChI is InChI=1S/C16H21NO4/c1-11(2)8-13(9-15(19)20)16(21)17-10-14(18)12-6-4-3-5-7-12/h3-7,11,13H,8-10H2,1-2H3,(H,17,21)(H,19,20). The molecule has 0 fully saturated rings. The molecule has 1 aromatic carbocycles. The number of aliphatic carboxylic acids is 1. The molecule has 5 heteroatoms. The van der Waals surface area contributed by atoms with Crippen molar-refractivity contribution in [3.8, 4) is 0 Å². The number of carboxylic acid groups (broad SMARTS) is 1. The van der Waals surface area contributed by atoms with Crippen molar-refractivity contribution in [2.45, 2.75) is 26.7 Å². The Morgan fingerprint density at radius 2 is 1.76 bits per heavy atom. The van der Waals surface area contributed by atoms with Gasteiger partial charge in [0.2, 0.25) is 5.91 Å². The Bertz CT molecular complexity index is 496. The third-order valence-electron chi connectivity index (χ3n) is 3.07. The maximum atomic E-state index is 12.0. The molecule has 0 bridgehead atoms. The molecule has 0 heterocycles. The molecule has 0 aliphatic carbocycles. The number of carbonyl (C=O) groups is 3. The van der Waals surface area contributed by atoms with Gasteiger partial charge in [0.05, 0.1) is 13.0 Å². The molecule has 1 amide bonds. The molecular weight excluding hydrogens is 270 g/mol. The van der Waals surface area contributed by atoms with E-state index in [1.807, 2.05) is 13.8 Å². The van der Waals surface area contributed by atoms with Crippen molar-refractivity contribution in [3.63, 3.8) is 0 Å². The summed E-state index contributed by atoms with van der Waals surface area (Å²) in [5, 5.41) is 11.4. The van der Waals surface area contributed by atoms with Crippen LogP contribution in [0.4, 0.5) is 0 Å². The minimum Gasteiger partial charge on any atom is -0.481 e. The van der Waals surface area contributed by atoms with Gasteiger partial charge in [0.25, 0.3) is 0 Å². The van der Waals surface area contributed by atoms with Gasteiger partial charge in [0, 0.05) is 11.5 Å². The SMILES string of the molecule is CC(C)CC(CC(=O)O)C(=O)NCC(=O)c1ccccc1. The highest BCUT2D eigenvalue weighted by Gasteiger charge is 2.23. The minimum atomic E-state index is -1.01. The number of Topliss-reactive ketones (excluding diaryl/α,β-unsaturated/α-hetero) is 1. The van der Waals surface area contributed by atoms with E-state index >= 15 is 0 Å². The van der Waals surface area contributed by atoms with Gasteiger partial charge in [-0.25, -0.2) is 0 Å². The Morgan fingerprint density at radius 1 is 1.14 bits per heavy atom. The van der Waals surface area contributed by atoms with E-state index in [2.05, 4.69) is 5.32 Å². The molecule has 0 radical (unpaired) electrons. The molecule has 21 heavy (non-hydrogen) atoms. The lowest BCUT2D eigenvalue weighted by Crippen LogP contribution is -2.36. The van der Waals surface area contributed by atoms with Crippen LogP contribution < -0.4 is 5.32 Å². The summed E-state index contributed by atoms with van der Waals surface area (Å²) >= 11 is 0. The van der Waals surface area contributed by atoms with Crippen LogP contribution in [-0.4, -0.2) is 29.3 Å². The molecule has 1 unspecified atom stereocenters. The first-order chi connectivity index (χ1) is 9.90. The molecule has 114 valence electrons. The van der Waals surface area contributed by atoms with Gasteiger partial charge >= 0.3 is 5.97 Å². The van der Waals surface area contributed by atoms with Gasteiger partial charge in [-0.15, -0.1) is 0 Å². The molecule has 0 aliphatic rings. The second-order valence-corrected chi connectivity index (χ2v) is 5.43. The normalized spacial score (nSPS) is 12.0. The second-order valence-electron chi connectivity index (χ2n) is 5.43. The summed E-state index contributed by atoms with van der Waals surface area (Å²) in [6.07, 6.45) is 0.265. The van der Waals surface area contributed by atoms with Crippen molar-refractivity contribution in [1.29, 1.82) is 0 Å². The van der Waals surface area contributed by atoms with Crippen molar-refractivity contribution in [2.75, 3.05) is 6.54 Å². The van der Waals surface area contributed by atoms with E-state index in [9.17, 15) is 14.4 Å². The number of carboxylic acids is 1. The van der Waals surface area contributed by atoms with E-state index in [-0.39, 0.29) is 30.6 Å². The molecule has 5 nitrogen and oxygen atoms in total. The lowest BCUT2D eigenvalue weighted by Gasteiger charge is -2.16. The first kappa shape index (κ1) is 16.9. The summed E-state index contributed by atoms with van der Waals surface area (Å²) in [5.41, 5.74) is 0.524. The Balaban J connectivity index is 2.57. The molecule has 0 saturated heterocycles. The van der Waals surface area contributed by atoms with E-state index in [0.29, 0.717) is 12.0 Å². The molecule has 2 N–H and O–H groups in total. The Hall–Kier alpha value is -2.17. The van der Waals surface area contributed by atoms with E-state index in [1.54, 1.807) is 30.3 Å². The minimum absolute atomic E-state index is 0.114. The summed E-state index contributed by atoms with van der Waals surface area (Å²) in [5.74, 6) is -1.97. The third-order valence-corrected chi connectivity index (χ3v) is 3.07. The number of rotatable bonds is 8. The summed E-state index contributed by atoms with van der Waals surface area (Å²) in [7, 11) is 0. The third kappa shape index (κ3) is 6.21. The van der Waals surface area contributed by atoms with Crippen LogP contribution in [0.5, 0.6) is 0 Å². The number of amides is 1. The quantitative estimate of drug-likeness (QED) is 0.719. The van der Waals surface area contributed by atoms with Crippen molar-refractivity contribution in [3.05, 3.63) is 35.9 Å². The van der Waals surface area contributed by atoms with Crippen LogP contribution in [0.3, 0.4) is 0 Å². The van der Waals surface area contributed by atoms with E-state index in [4.69, 9.17) is 5.11 Å². The Kier molecular flexibility index (Phi) is 6.59. The maximum Gasteiger partial charge on any atom is 0.304 e. The number of nitrogens with one attached hydrogen (secondary N) is 1. The van der Waals surface area contributed by atoms with Crippen LogP contribution in [-0.2, 0) is 9.59 Å². The van der Waals surface area contributed by atoms with Crippen LogP contribution in [0.1, 0.15) is 37.0 Å². The topological polar surface area (TPSA) is 83.5 Å². The molecular formula is C16H21NO4. The molecule has 0 aliphatic heterocycles. The predicted molar refractivity (Wildman–Crippen MR) is 79.0 cm³/mol. The number of hydrogen-bond donors (Lipinski definition) is 2. The highest BCUT2D eigenvalue weighted by molar-refractivity contribution is 5.99. The summed E-state index contributed by atoms with van der Waals surface area (Å²) in [6.45, 7) is 3.74. The highest BCUT2D eigenvalue weighted by atomic mass is 16.4. The fraction of sp³-hybridized carbons (Fsp3) is 0.438. The van der Waals surface area contributed by atoms with Gasteiger partial charge in [0.15, 0.2) is 5.78 Å². The lowest BCUT2D eigenvalue weighted by atomic mass is 9.93. The van der Waals surface area contributed by atoms with E-state index in [1.165, 1.54) is 0 Å². The van der Waals surface area contributed by atoms with Crippen molar-refractivity contribution in [2.24, 2.45) is 11.8 Å². The van der Waals surface area contributed by atoms with E-state index < -0.39 is 11.9 Å². The number of benzene rings is 1. The molecule has 1 rings (SSSR count). The van der Waals surface area contributed by atoms with Gasteiger partial charge in [-0.1, -0.05) is 44.2 Å². The Labute approximate surface area is 124 Å². The number of ketones is 1. The van der Waals surface area contributed by atoms with Crippen molar-refractivity contribution < 1.29 is 19.5 Å². The van der Waals surface area contributed by atoms with Crippen LogP contribution in [0.15, 0.2) is 30.3 Å². The van der Waals surface area contributed by atoms with Gasteiger partial charge < -0.3 is 10.4 Å². The van der Waals surface area contributed by atoms with Crippen LogP contribution in [0.25, 0.3) is 0 Å². The van der Waals surface area contributed by atoms with Gasteiger partial charge in [-0.2, -0.15) is 0 Å². The van der Waals surface area contributed by atoms with Crippen LogP contribution in [0, 0.1) is 11.8 Å². The van der Waals surface area contributed by atoms with Crippen molar-refractivity contribution in [1.82, 2.24) is 5.32 Å². The fourth-order valence-corrected chi connectivity index (χ4v) is 2.10. The zero-order valence-corrected chi connectivity index (χ0v) is 12.3. The predicted octanol–water partition coefficient (Wildman–Crippen LogP) is 2.12. The van der Waals surface area contributed by atoms with Crippen LogP contribution in [0.2, 0.25) is 0 Å². The molecule has 0 aromatic heterocycles. The average molecular weight is 291 g/mol. The van der Waals surface area contributed by atoms with Crippen LogP contribution >= 0.6 is 0 Å². The molecule has 0 saturated carbocycles. The molecule has 1 aromatic rings. The zero-order valence-electron chi connectivity index (χ0n) is 12.3. The summed E-state index contributed by atoms with van der Waals surface area (Å²) < 4.78 is 0. The summed E-state index contributed by atoms with van der Waals surface area (Å²) in [6, 6.07) is 8.66. The zero-order chi connectivity index (χ0) is 15.8. The largest absolute Gasteiger partial charge is 0.481 e. The lowest BCUT2D eigenvalue weighted by molar-refractivity contribution is -0.141. The monoisotopic (exact) mass is 291 g/mol. The van der Waals surface area contributed by atoms with Crippen molar-refractivity contribution >= 4 is 17.7 Å². The average Bonchev–Trinajstić information content (AvgIpc) is 2.43. The first-order valence-corrected chi connectivity index (χ1v) is 6.98. The summed E-state index contributed by atoms with van der Waals surface area (Å²) in [4.78, 5) is 34.7. The van der Waals surface area contributed by atoms with Gasteiger partial charge in [-0.05, 0) is 12.3 Å². The highest BCUT2D eigenvalue weighted by Crippen LogP contribution is 2.15.